The lowest BCUT2D eigenvalue weighted by molar-refractivity contribution is -0.187. The van der Waals surface area contributed by atoms with Gasteiger partial charge in [-0.3, -0.25) is 19.2 Å². The van der Waals surface area contributed by atoms with Crippen molar-refractivity contribution in [1.82, 2.24) is 0 Å². The number of carbonyl (C=O) groups excluding carboxylic acids is 6. The fourth-order valence-corrected chi connectivity index (χ4v) is 33.9. The van der Waals surface area contributed by atoms with Crippen LogP contribution in [0.25, 0.3) is 0 Å². The highest BCUT2D eigenvalue weighted by Crippen LogP contribution is 2.31. The summed E-state index contributed by atoms with van der Waals surface area (Å²) in [5.74, 6) is -4.60. The van der Waals surface area contributed by atoms with Crippen molar-refractivity contribution in [2.45, 2.75) is 161 Å². The van der Waals surface area contributed by atoms with E-state index in [2.05, 4.69) is 52.4 Å². The van der Waals surface area contributed by atoms with Gasteiger partial charge in [-0.25, -0.2) is 9.59 Å². The summed E-state index contributed by atoms with van der Waals surface area (Å²) in [7, 11) is -11.9. The second-order valence-electron chi connectivity index (χ2n) is 25.4. The molecular formula is C71H94O18Si5. The summed E-state index contributed by atoms with van der Waals surface area (Å²) >= 11 is 0. The summed E-state index contributed by atoms with van der Waals surface area (Å²) < 4.78 is 72.0. The molecule has 0 bridgehead atoms. The van der Waals surface area contributed by atoms with Gasteiger partial charge in [0.15, 0.2) is 27.8 Å². The smallest absolute Gasteiger partial charge is 0.339 e. The van der Waals surface area contributed by atoms with E-state index in [0.29, 0.717) is 12.5 Å². The van der Waals surface area contributed by atoms with E-state index in [0.717, 1.165) is 33.4 Å². The average Bonchev–Trinajstić information content (AvgIpc) is 0.832. The Hall–Kier alpha value is -7.28. The SMILES string of the molecule is C=CCOC(CC(=O)OCc1ccccc1)(CC(=O)OCc1ccccc1)C(=O)OCc1ccccc1.C[Si](C)(C)O[Si](C)(C)O[Si](C)(C)O[Si](C)(C)O[Si](C)(C)CCCOC(CC(=O)OCc1ccccc1)(CC(=O)OCc1ccccc1)C(=O)OCc1ccccc1. The van der Waals surface area contributed by atoms with Crippen LogP contribution >= 0.6 is 0 Å². The number of hydrogen-bond acceptors (Lipinski definition) is 18. The Morgan fingerprint density at radius 2 is 0.606 bits per heavy atom. The van der Waals surface area contributed by atoms with E-state index in [1.165, 1.54) is 6.08 Å². The van der Waals surface area contributed by atoms with Crippen LogP contribution in [0.5, 0.6) is 0 Å². The fourth-order valence-electron chi connectivity index (χ4n) is 10.2. The Morgan fingerprint density at radius 1 is 0.351 bits per heavy atom. The van der Waals surface area contributed by atoms with E-state index in [4.69, 9.17) is 54.4 Å². The van der Waals surface area contributed by atoms with E-state index in [-0.39, 0.29) is 52.9 Å². The number of hydrogen-bond donors (Lipinski definition) is 0. The van der Waals surface area contributed by atoms with Crippen molar-refractivity contribution in [3.8, 4) is 0 Å². The van der Waals surface area contributed by atoms with Crippen molar-refractivity contribution in [3.63, 3.8) is 0 Å². The molecule has 0 atom stereocenters. The summed E-state index contributed by atoms with van der Waals surface area (Å²) in [5, 5.41) is 0. The molecule has 0 heterocycles. The van der Waals surface area contributed by atoms with Crippen LogP contribution in [0.2, 0.25) is 78.1 Å². The molecule has 0 amide bonds. The standard InChI is InChI=1S/C41H64O11Si5.C30H30O7/c1-53(2,3)49-55(6,7)51-57(10,11)52-56(8,9)50-54(4,5)29-21-28-48-41(40(44)47-34-37-26-19-14-20-27-37,30-38(42)45-32-35-22-15-12-16-23-35)31-39(43)46-33-36-24-17-13-18-25-36;1-2-18-37-30(29(33)36-23-26-16-10-5-11-17-26,19-27(31)34-21-24-12-6-3-7-13-24)20-28(32)35-22-25-14-8-4-9-15-25/h12-20,22-27H,21,28-34H2,1-11H3;2-17H,1,18-23H2. The van der Waals surface area contributed by atoms with Crippen LogP contribution in [-0.2, 0) is 123 Å². The molecule has 0 saturated carbocycles. The molecule has 0 unspecified atom stereocenters. The van der Waals surface area contributed by atoms with E-state index >= 15 is 0 Å². The van der Waals surface area contributed by atoms with Crippen LogP contribution in [0.1, 0.15) is 65.5 Å². The highest BCUT2D eigenvalue weighted by molar-refractivity contribution is 6.90. The maximum Gasteiger partial charge on any atom is 0.339 e. The Kier molecular flexibility index (Phi) is 31.1. The highest BCUT2D eigenvalue weighted by Gasteiger charge is 2.49. The van der Waals surface area contributed by atoms with Crippen molar-refractivity contribution in [2.75, 3.05) is 13.2 Å². The van der Waals surface area contributed by atoms with Crippen LogP contribution in [0.15, 0.2) is 195 Å². The van der Waals surface area contributed by atoms with E-state index in [1.54, 1.807) is 12.1 Å². The first-order valence-electron chi connectivity index (χ1n) is 31.4. The zero-order valence-electron chi connectivity index (χ0n) is 56.4. The van der Waals surface area contributed by atoms with Gasteiger partial charge >= 0.3 is 61.5 Å². The molecule has 6 rings (SSSR count). The van der Waals surface area contributed by atoms with Crippen LogP contribution < -0.4 is 0 Å². The molecular weight excluding hydrogens is 1280 g/mol. The summed E-state index contributed by atoms with van der Waals surface area (Å²) in [4.78, 5) is 80.2. The highest BCUT2D eigenvalue weighted by atomic mass is 28.5. The van der Waals surface area contributed by atoms with Gasteiger partial charge in [0.2, 0.25) is 0 Å². The summed E-state index contributed by atoms with van der Waals surface area (Å²) in [5.41, 5.74) is 0.626. The Bertz CT molecular complexity index is 3170. The van der Waals surface area contributed by atoms with Gasteiger partial charge < -0.3 is 54.4 Å². The minimum atomic E-state index is -2.67. The minimum Gasteiger partial charge on any atom is -0.461 e. The summed E-state index contributed by atoms with van der Waals surface area (Å²) in [6, 6.07) is 55.5. The first-order chi connectivity index (χ1) is 44.5. The molecule has 0 aliphatic rings. The molecule has 94 heavy (non-hydrogen) atoms. The van der Waals surface area contributed by atoms with E-state index < -0.39 is 115 Å². The summed E-state index contributed by atoms with van der Waals surface area (Å²) in [6.45, 7) is 26.4. The second-order valence-corrected chi connectivity index (χ2v) is 45.3. The monoisotopic (exact) mass is 1370 g/mol. The van der Waals surface area contributed by atoms with Crippen LogP contribution in [0.4, 0.5) is 0 Å². The molecule has 6 aromatic carbocycles. The van der Waals surface area contributed by atoms with Gasteiger partial charge in [-0.1, -0.05) is 188 Å². The predicted molar refractivity (Wildman–Crippen MR) is 370 cm³/mol. The molecule has 18 nitrogen and oxygen atoms in total. The molecule has 0 N–H and O–H groups in total. The quantitative estimate of drug-likeness (QED) is 0.0116. The molecule has 0 aromatic heterocycles. The third-order valence-corrected chi connectivity index (χ3v) is 31.7. The Labute approximate surface area is 560 Å². The van der Waals surface area contributed by atoms with Gasteiger partial charge in [-0.2, -0.15) is 0 Å². The second kappa shape index (κ2) is 37.7. The minimum absolute atomic E-state index is 0.00866. The summed E-state index contributed by atoms with van der Waals surface area (Å²) in [6.07, 6.45) is -0.288. The van der Waals surface area contributed by atoms with Crippen molar-refractivity contribution in [3.05, 3.63) is 228 Å². The molecule has 0 radical (unpaired) electrons. The van der Waals surface area contributed by atoms with Crippen molar-refractivity contribution in [1.29, 1.82) is 0 Å². The first kappa shape index (κ1) is 77.4. The van der Waals surface area contributed by atoms with Crippen molar-refractivity contribution < 1.29 is 83.1 Å². The molecule has 506 valence electrons. The van der Waals surface area contributed by atoms with Crippen molar-refractivity contribution >= 4 is 78.1 Å². The Morgan fingerprint density at radius 3 is 0.883 bits per heavy atom. The third kappa shape index (κ3) is 30.0. The van der Waals surface area contributed by atoms with E-state index in [1.807, 2.05) is 196 Å². The zero-order chi connectivity index (χ0) is 68.7. The number of carbonyl (C=O) groups is 6. The lowest BCUT2D eigenvalue weighted by Gasteiger charge is -2.42. The van der Waals surface area contributed by atoms with Crippen molar-refractivity contribution in [2.24, 2.45) is 0 Å². The lowest BCUT2D eigenvalue weighted by Crippen LogP contribution is -2.58. The number of ether oxygens (including phenoxy) is 8. The van der Waals surface area contributed by atoms with Gasteiger partial charge in [0.25, 0.3) is 0 Å². The Balaban J connectivity index is 0.000000372. The third-order valence-electron chi connectivity index (χ3n) is 13.7. The molecule has 0 saturated heterocycles. The van der Waals surface area contributed by atoms with Crippen LogP contribution in [-0.4, -0.2) is 103 Å². The maximum absolute atomic E-state index is 14.1. The van der Waals surface area contributed by atoms with E-state index in [9.17, 15) is 28.8 Å². The van der Waals surface area contributed by atoms with Crippen LogP contribution in [0.3, 0.4) is 0 Å². The molecule has 0 fully saturated rings. The molecule has 6 aromatic rings. The maximum atomic E-state index is 14.1. The normalized spacial score (nSPS) is 12.1. The average molecular weight is 1380 g/mol. The number of rotatable bonds is 38. The molecule has 0 spiro atoms. The molecule has 0 aliphatic carbocycles. The molecule has 0 aliphatic heterocycles. The lowest BCUT2D eigenvalue weighted by atomic mass is 9.94. The predicted octanol–water partition coefficient (Wildman–Crippen LogP) is 14.3. The first-order valence-corrected chi connectivity index (χ1v) is 46.4. The van der Waals surface area contributed by atoms with Gasteiger partial charge in [0, 0.05) is 6.61 Å². The fraction of sp³-hybridized carbons (Fsp3) is 0.380. The van der Waals surface area contributed by atoms with Crippen LogP contribution in [0, 0.1) is 0 Å². The largest absolute Gasteiger partial charge is 0.461 e. The number of esters is 6. The number of benzene rings is 6. The van der Waals surface area contributed by atoms with Gasteiger partial charge in [-0.05, 0) is 118 Å². The van der Waals surface area contributed by atoms with Gasteiger partial charge in [0.05, 0.1) is 32.3 Å². The van der Waals surface area contributed by atoms with Gasteiger partial charge in [0.1, 0.15) is 39.6 Å². The topological polar surface area (TPSA) is 213 Å². The van der Waals surface area contributed by atoms with Gasteiger partial charge in [-0.15, -0.1) is 6.58 Å². The molecule has 23 heteroatoms. The zero-order valence-corrected chi connectivity index (χ0v) is 61.4.